The number of amides is 1. The van der Waals surface area contributed by atoms with Crippen LogP contribution < -0.4 is 5.32 Å². The van der Waals surface area contributed by atoms with Crippen LogP contribution in [0, 0.1) is 0 Å². The third-order valence-electron chi connectivity index (χ3n) is 2.89. The first-order valence-electron chi connectivity index (χ1n) is 6.08. The topological polar surface area (TPSA) is 72.5 Å². The molecule has 1 aliphatic rings. The van der Waals surface area contributed by atoms with Crippen molar-refractivity contribution in [3.05, 3.63) is 0 Å². The first-order valence-corrected chi connectivity index (χ1v) is 6.08. The molecular weight excluding hydrogens is 222 g/mol. The van der Waals surface area contributed by atoms with E-state index in [9.17, 15) is 14.4 Å². The van der Waals surface area contributed by atoms with E-state index in [1.54, 1.807) is 6.92 Å². The Bertz CT molecular complexity index is 306. The smallest absolute Gasteiger partial charge is 0.339 e. The number of ether oxygens (including phenoxy) is 1. The molecule has 1 aliphatic heterocycles. The van der Waals surface area contributed by atoms with Gasteiger partial charge in [0.15, 0.2) is 11.3 Å². The Kier molecular flexibility index (Phi) is 4.66. The average molecular weight is 241 g/mol. The molecule has 1 heterocycles. The monoisotopic (exact) mass is 241 g/mol. The van der Waals surface area contributed by atoms with E-state index in [4.69, 9.17) is 4.74 Å². The third-order valence-corrected chi connectivity index (χ3v) is 2.89. The van der Waals surface area contributed by atoms with E-state index < -0.39 is 11.5 Å². The van der Waals surface area contributed by atoms with Crippen LogP contribution in [0.1, 0.15) is 46.0 Å². The highest BCUT2D eigenvalue weighted by atomic mass is 16.5. The normalized spacial score (nSPS) is 24.0. The van der Waals surface area contributed by atoms with E-state index in [0.717, 1.165) is 0 Å². The minimum absolute atomic E-state index is 0.204. The SMILES string of the molecule is CCCC(=O)[C@]1(C(=O)OCC)CCCC(=O)N1. The average Bonchev–Trinajstić information content (AvgIpc) is 2.29. The van der Waals surface area contributed by atoms with Crippen molar-refractivity contribution < 1.29 is 19.1 Å². The van der Waals surface area contributed by atoms with Crippen LogP contribution in [0.2, 0.25) is 0 Å². The van der Waals surface area contributed by atoms with Gasteiger partial charge in [-0.05, 0) is 26.2 Å². The quantitative estimate of drug-likeness (QED) is 0.574. The maximum absolute atomic E-state index is 12.1. The number of carbonyl (C=O) groups excluding carboxylic acids is 3. The maximum atomic E-state index is 12.1. The van der Waals surface area contributed by atoms with Gasteiger partial charge in [-0.25, -0.2) is 4.79 Å². The van der Waals surface area contributed by atoms with E-state index in [1.165, 1.54) is 0 Å². The molecule has 0 aromatic rings. The Morgan fingerprint density at radius 1 is 1.41 bits per heavy atom. The first-order chi connectivity index (χ1) is 8.06. The summed E-state index contributed by atoms with van der Waals surface area (Å²) >= 11 is 0. The van der Waals surface area contributed by atoms with E-state index in [1.807, 2.05) is 6.92 Å². The molecule has 1 rings (SSSR count). The zero-order valence-electron chi connectivity index (χ0n) is 10.4. The van der Waals surface area contributed by atoms with Gasteiger partial charge >= 0.3 is 5.97 Å². The van der Waals surface area contributed by atoms with Crippen LogP contribution in [-0.2, 0) is 19.1 Å². The number of ketones is 1. The lowest BCUT2D eigenvalue weighted by atomic mass is 9.83. The Labute approximate surface area is 101 Å². The lowest BCUT2D eigenvalue weighted by Crippen LogP contribution is -2.62. The molecule has 5 nitrogen and oxygen atoms in total. The van der Waals surface area contributed by atoms with E-state index in [2.05, 4.69) is 5.32 Å². The zero-order chi connectivity index (χ0) is 12.9. The van der Waals surface area contributed by atoms with Crippen molar-refractivity contribution in [2.75, 3.05) is 6.61 Å². The van der Waals surface area contributed by atoms with Crippen molar-refractivity contribution in [1.29, 1.82) is 0 Å². The second-order valence-electron chi connectivity index (χ2n) is 4.20. The minimum Gasteiger partial charge on any atom is -0.464 e. The molecule has 17 heavy (non-hydrogen) atoms. The first kappa shape index (κ1) is 13.7. The van der Waals surface area contributed by atoms with Gasteiger partial charge < -0.3 is 10.1 Å². The largest absolute Gasteiger partial charge is 0.464 e. The summed E-state index contributed by atoms with van der Waals surface area (Å²) in [5.41, 5.74) is -1.43. The number of nitrogens with one attached hydrogen (secondary N) is 1. The lowest BCUT2D eigenvalue weighted by molar-refractivity contribution is -0.159. The Balaban J connectivity index is 2.94. The molecule has 0 aromatic carbocycles. The summed E-state index contributed by atoms with van der Waals surface area (Å²) in [7, 11) is 0. The van der Waals surface area contributed by atoms with Crippen molar-refractivity contribution in [1.82, 2.24) is 5.32 Å². The predicted molar refractivity (Wildman–Crippen MR) is 61.3 cm³/mol. The number of hydrogen-bond acceptors (Lipinski definition) is 4. The fraction of sp³-hybridized carbons (Fsp3) is 0.750. The van der Waals surface area contributed by atoms with Gasteiger partial charge in [-0.1, -0.05) is 6.92 Å². The van der Waals surface area contributed by atoms with Gasteiger partial charge in [0.2, 0.25) is 5.91 Å². The molecule has 0 aromatic heterocycles. The molecule has 0 radical (unpaired) electrons. The molecule has 1 fully saturated rings. The van der Waals surface area contributed by atoms with Gasteiger partial charge in [-0.3, -0.25) is 9.59 Å². The van der Waals surface area contributed by atoms with Gasteiger partial charge in [0, 0.05) is 12.8 Å². The molecule has 0 unspecified atom stereocenters. The van der Waals surface area contributed by atoms with E-state index >= 15 is 0 Å². The maximum Gasteiger partial charge on any atom is 0.339 e. The summed E-state index contributed by atoms with van der Waals surface area (Å²) in [6.07, 6.45) is 2.17. The van der Waals surface area contributed by atoms with Crippen LogP contribution in [0.4, 0.5) is 0 Å². The molecule has 0 aliphatic carbocycles. The summed E-state index contributed by atoms with van der Waals surface area (Å²) in [6, 6.07) is 0. The van der Waals surface area contributed by atoms with Gasteiger partial charge in [0.05, 0.1) is 6.61 Å². The Morgan fingerprint density at radius 2 is 2.12 bits per heavy atom. The van der Waals surface area contributed by atoms with Crippen molar-refractivity contribution in [3.63, 3.8) is 0 Å². The Hall–Kier alpha value is -1.39. The van der Waals surface area contributed by atoms with Crippen molar-refractivity contribution in [3.8, 4) is 0 Å². The van der Waals surface area contributed by atoms with Gasteiger partial charge in [-0.15, -0.1) is 0 Å². The summed E-state index contributed by atoms with van der Waals surface area (Å²) in [6.45, 7) is 3.75. The molecule has 0 bridgehead atoms. The summed E-state index contributed by atoms with van der Waals surface area (Å²) in [4.78, 5) is 35.4. The number of esters is 1. The number of Topliss-reactive ketones (excluding diaryl/α,β-unsaturated/α-hetero) is 1. The Morgan fingerprint density at radius 3 is 2.65 bits per heavy atom. The molecule has 0 saturated carbocycles. The zero-order valence-corrected chi connectivity index (χ0v) is 10.4. The van der Waals surface area contributed by atoms with E-state index in [0.29, 0.717) is 25.7 Å². The number of rotatable bonds is 5. The van der Waals surface area contributed by atoms with Crippen LogP contribution in [0.15, 0.2) is 0 Å². The molecule has 1 N–H and O–H groups in total. The molecule has 1 amide bonds. The summed E-state index contributed by atoms with van der Waals surface area (Å²) in [5.74, 6) is -1.12. The summed E-state index contributed by atoms with van der Waals surface area (Å²) < 4.78 is 4.93. The highest BCUT2D eigenvalue weighted by molar-refractivity contribution is 6.11. The highest BCUT2D eigenvalue weighted by Crippen LogP contribution is 2.24. The third kappa shape index (κ3) is 2.84. The van der Waals surface area contributed by atoms with Crippen molar-refractivity contribution in [2.24, 2.45) is 0 Å². The van der Waals surface area contributed by atoms with Crippen LogP contribution >= 0.6 is 0 Å². The minimum atomic E-state index is -1.43. The molecule has 1 atom stereocenters. The molecule has 1 saturated heterocycles. The number of hydrogen-bond donors (Lipinski definition) is 1. The van der Waals surface area contributed by atoms with Crippen molar-refractivity contribution in [2.45, 2.75) is 51.5 Å². The van der Waals surface area contributed by atoms with Crippen LogP contribution in [0.3, 0.4) is 0 Å². The highest BCUT2D eigenvalue weighted by Gasteiger charge is 2.49. The van der Waals surface area contributed by atoms with E-state index in [-0.39, 0.29) is 24.7 Å². The van der Waals surface area contributed by atoms with Crippen molar-refractivity contribution >= 4 is 17.7 Å². The standard InChI is InChI=1S/C12H19NO4/c1-3-6-9(14)12(11(16)17-4-2)8-5-7-10(15)13-12/h3-8H2,1-2H3,(H,13,15)/t12-/m0/s1. The second kappa shape index (κ2) is 5.80. The number of piperidine rings is 1. The van der Waals surface area contributed by atoms with Gasteiger partial charge in [0.25, 0.3) is 0 Å². The second-order valence-corrected chi connectivity index (χ2v) is 4.20. The fourth-order valence-corrected chi connectivity index (χ4v) is 2.05. The van der Waals surface area contributed by atoms with Crippen LogP contribution in [-0.4, -0.2) is 29.8 Å². The predicted octanol–water partition coefficient (Wildman–Crippen LogP) is 0.958. The molecule has 0 spiro atoms. The number of carbonyl (C=O) groups is 3. The fourth-order valence-electron chi connectivity index (χ4n) is 2.05. The van der Waals surface area contributed by atoms with Gasteiger partial charge in [-0.2, -0.15) is 0 Å². The molecular formula is C12H19NO4. The molecule has 96 valence electrons. The molecule has 5 heteroatoms. The summed E-state index contributed by atoms with van der Waals surface area (Å²) in [5, 5.41) is 2.54. The van der Waals surface area contributed by atoms with Crippen LogP contribution in [0.5, 0.6) is 0 Å². The lowest BCUT2D eigenvalue weighted by Gasteiger charge is -2.34. The van der Waals surface area contributed by atoms with Crippen LogP contribution in [0.25, 0.3) is 0 Å². The van der Waals surface area contributed by atoms with Gasteiger partial charge in [0.1, 0.15) is 0 Å².